The monoisotopic (exact) mass is 536 g/mol. The maximum Gasteiger partial charge on any atom is 0.257 e. The summed E-state index contributed by atoms with van der Waals surface area (Å²) in [7, 11) is 1.58. The van der Waals surface area contributed by atoms with Crippen LogP contribution in [0.3, 0.4) is 0 Å². The normalized spacial score (nSPS) is 29.2. The highest BCUT2D eigenvalue weighted by atomic mass is 35.5. The van der Waals surface area contributed by atoms with E-state index in [2.05, 4.69) is 22.5 Å². The number of pyridine rings is 1. The standard InChI is InChI=1S/C25H33ClN4O5S/c1-24-6-4-18(32)25(2,13-31)17(24)12-16-21(15(24)11-20(33)28-8-9-35-3)29-23(36-16)30-22(34)14-5-7-27-19(26)10-14/h5,7,10,15,17-18,31-32H,4,6,8-9,11-13H2,1-3H3,(H,28,33)(H,29,30,34)/t15-,17+,18-,24+,25+/m1/s1. The van der Waals surface area contributed by atoms with Crippen molar-refractivity contribution < 1.29 is 24.5 Å². The predicted octanol–water partition coefficient (Wildman–Crippen LogP) is 3.01. The van der Waals surface area contributed by atoms with Gasteiger partial charge >= 0.3 is 0 Å². The number of carbonyl (C=O) groups is 2. The van der Waals surface area contributed by atoms with Crippen molar-refractivity contribution in [2.45, 2.75) is 51.6 Å². The number of nitrogens with zero attached hydrogens (tertiary/aromatic N) is 2. The van der Waals surface area contributed by atoms with Crippen LogP contribution in [0.4, 0.5) is 5.13 Å². The summed E-state index contributed by atoms with van der Waals surface area (Å²) in [6.45, 7) is 4.75. The number of aromatic nitrogens is 2. The van der Waals surface area contributed by atoms with Gasteiger partial charge in [-0.2, -0.15) is 0 Å². The molecule has 11 heteroatoms. The predicted molar refractivity (Wildman–Crippen MR) is 137 cm³/mol. The number of hydrogen-bond donors (Lipinski definition) is 4. The molecule has 196 valence electrons. The fourth-order valence-electron chi connectivity index (χ4n) is 5.96. The number of fused-ring (bicyclic) bond motifs is 2. The molecule has 5 atom stereocenters. The summed E-state index contributed by atoms with van der Waals surface area (Å²) in [6, 6.07) is 3.06. The number of methoxy groups -OCH3 is 1. The number of halogens is 1. The lowest BCUT2D eigenvalue weighted by molar-refractivity contribution is -0.144. The number of nitrogens with one attached hydrogen (secondary N) is 2. The molecular weight excluding hydrogens is 504 g/mol. The Morgan fingerprint density at radius 2 is 2.14 bits per heavy atom. The Balaban J connectivity index is 1.68. The first-order valence-corrected chi connectivity index (χ1v) is 13.3. The molecule has 36 heavy (non-hydrogen) atoms. The minimum absolute atomic E-state index is 0.0639. The Morgan fingerprint density at radius 1 is 1.36 bits per heavy atom. The Bertz CT molecular complexity index is 1130. The van der Waals surface area contributed by atoms with E-state index < -0.39 is 11.5 Å². The highest BCUT2D eigenvalue weighted by molar-refractivity contribution is 7.15. The van der Waals surface area contributed by atoms with Crippen molar-refractivity contribution in [1.29, 1.82) is 0 Å². The van der Waals surface area contributed by atoms with Gasteiger partial charge in [-0.1, -0.05) is 25.4 Å². The maximum absolute atomic E-state index is 12.9. The molecule has 0 saturated heterocycles. The molecule has 1 fully saturated rings. The van der Waals surface area contributed by atoms with Crippen molar-refractivity contribution in [2.24, 2.45) is 16.7 Å². The van der Waals surface area contributed by atoms with Crippen LogP contribution in [-0.2, 0) is 16.0 Å². The summed E-state index contributed by atoms with van der Waals surface area (Å²) in [5.41, 5.74) is 0.0988. The van der Waals surface area contributed by atoms with Crippen LogP contribution in [0.2, 0.25) is 5.15 Å². The zero-order valence-electron chi connectivity index (χ0n) is 20.7. The Labute approximate surface area is 219 Å². The van der Waals surface area contributed by atoms with E-state index in [9.17, 15) is 19.8 Å². The number of aliphatic hydroxyl groups is 2. The third-order valence-corrected chi connectivity index (χ3v) is 9.34. The van der Waals surface area contributed by atoms with Gasteiger partial charge in [0, 0.05) is 48.0 Å². The van der Waals surface area contributed by atoms with Crippen LogP contribution in [0.25, 0.3) is 0 Å². The number of carbonyl (C=O) groups excluding carboxylic acids is 2. The third kappa shape index (κ3) is 5.02. The highest BCUT2D eigenvalue weighted by Crippen LogP contribution is 2.62. The molecule has 2 aromatic heterocycles. The highest BCUT2D eigenvalue weighted by Gasteiger charge is 2.59. The van der Waals surface area contributed by atoms with Crippen LogP contribution < -0.4 is 10.6 Å². The van der Waals surface area contributed by atoms with E-state index in [1.807, 2.05) is 6.92 Å². The first-order valence-electron chi connectivity index (χ1n) is 12.1. The van der Waals surface area contributed by atoms with Gasteiger partial charge in [0.05, 0.1) is 25.0 Å². The minimum Gasteiger partial charge on any atom is -0.396 e. The Kier molecular flexibility index (Phi) is 8.01. The second kappa shape index (κ2) is 10.7. The second-order valence-electron chi connectivity index (χ2n) is 10.2. The third-order valence-electron chi connectivity index (χ3n) is 8.12. The van der Waals surface area contributed by atoms with Crippen LogP contribution in [-0.4, -0.2) is 65.0 Å². The van der Waals surface area contributed by atoms with Gasteiger partial charge in [-0.3, -0.25) is 14.9 Å². The summed E-state index contributed by atoms with van der Waals surface area (Å²) in [6.07, 6.45) is 2.90. The van der Waals surface area contributed by atoms with Gasteiger partial charge < -0.3 is 20.3 Å². The van der Waals surface area contributed by atoms with Crippen LogP contribution in [0.15, 0.2) is 18.3 Å². The summed E-state index contributed by atoms with van der Waals surface area (Å²) >= 11 is 7.31. The van der Waals surface area contributed by atoms with Gasteiger partial charge in [0.2, 0.25) is 5.91 Å². The number of anilines is 1. The molecule has 0 radical (unpaired) electrons. The minimum atomic E-state index is -0.712. The lowest BCUT2D eigenvalue weighted by Gasteiger charge is -2.58. The SMILES string of the molecule is COCCNC(=O)C[C@@H]1c2nc(NC(=O)c3ccnc(Cl)c3)sc2C[C@@H]2[C@](C)(CO)[C@H](O)CC[C@]21C. The zero-order chi connectivity index (χ0) is 26.1. The number of amides is 2. The quantitative estimate of drug-likeness (QED) is 0.301. The van der Waals surface area contributed by atoms with E-state index >= 15 is 0 Å². The Morgan fingerprint density at radius 3 is 2.83 bits per heavy atom. The van der Waals surface area contributed by atoms with Crippen molar-refractivity contribution in [2.75, 3.05) is 32.2 Å². The molecule has 0 aromatic carbocycles. The molecule has 0 spiro atoms. The lowest BCUT2D eigenvalue weighted by atomic mass is 9.47. The molecule has 2 aliphatic carbocycles. The van der Waals surface area contributed by atoms with Crippen molar-refractivity contribution >= 4 is 39.9 Å². The van der Waals surface area contributed by atoms with E-state index in [4.69, 9.17) is 21.3 Å². The molecule has 4 rings (SSSR count). The second-order valence-corrected chi connectivity index (χ2v) is 11.7. The molecule has 2 amide bonds. The van der Waals surface area contributed by atoms with Crippen molar-refractivity contribution in [3.05, 3.63) is 39.6 Å². The average molecular weight is 537 g/mol. The van der Waals surface area contributed by atoms with Crippen LogP contribution in [0.1, 0.15) is 60.0 Å². The first kappa shape index (κ1) is 26.9. The topological polar surface area (TPSA) is 134 Å². The van der Waals surface area contributed by atoms with E-state index in [0.717, 1.165) is 10.6 Å². The van der Waals surface area contributed by atoms with Gasteiger partial charge in [-0.15, -0.1) is 11.3 Å². The van der Waals surface area contributed by atoms with Gasteiger partial charge in [0.1, 0.15) is 5.15 Å². The number of rotatable bonds is 8. The molecule has 0 bridgehead atoms. The fourth-order valence-corrected chi connectivity index (χ4v) is 7.20. The summed E-state index contributed by atoms with van der Waals surface area (Å²) in [5.74, 6) is -0.749. The van der Waals surface area contributed by atoms with Crippen molar-refractivity contribution in [3.63, 3.8) is 0 Å². The number of ether oxygens (including phenoxy) is 1. The van der Waals surface area contributed by atoms with E-state index in [1.165, 1.54) is 23.6 Å². The average Bonchev–Trinajstić information content (AvgIpc) is 3.25. The van der Waals surface area contributed by atoms with Crippen LogP contribution in [0, 0.1) is 16.7 Å². The van der Waals surface area contributed by atoms with E-state index in [-0.39, 0.29) is 47.2 Å². The number of hydrogen-bond acceptors (Lipinski definition) is 8. The summed E-state index contributed by atoms with van der Waals surface area (Å²) in [5, 5.41) is 27.7. The maximum atomic E-state index is 12.9. The van der Waals surface area contributed by atoms with E-state index in [1.54, 1.807) is 13.2 Å². The molecular formula is C25H33ClN4O5S. The van der Waals surface area contributed by atoms with E-state index in [0.29, 0.717) is 43.1 Å². The van der Waals surface area contributed by atoms with Crippen LogP contribution in [0.5, 0.6) is 0 Å². The number of aliphatic hydroxyl groups excluding tert-OH is 2. The van der Waals surface area contributed by atoms with Gasteiger partial charge in [-0.25, -0.2) is 9.97 Å². The molecule has 0 unspecified atom stereocenters. The molecule has 2 aromatic rings. The van der Waals surface area contributed by atoms with Gasteiger partial charge in [-0.05, 0) is 42.7 Å². The fraction of sp³-hybridized carbons (Fsp3) is 0.600. The van der Waals surface area contributed by atoms with Crippen molar-refractivity contribution in [1.82, 2.24) is 15.3 Å². The lowest BCUT2D eigenvalue weighted by Crippen LogP contribution is -2.57. The molecule has 0 aliphatic heterocycles. The van der Waals surface area contributed by atoms with Crippen molar-refractivity contribution in [3.8, 4) is 0 Å². The molecule has 4 N–H and O–H groups in total. The molecule has 2 heterocycles. The largest absolute Gasteiger partial charge is 0.396 e. The first-order chi connectivity index (χ1) is 17.1. The molecule has 1 saturated carbocycles. The smallest absolute Gasteiger partial charge is 0.257 e. The molecule has 9 nitrogen and oxygen atoms in total. The summed E-state index contributed by atoms with van der Waals surface area (Å²) < 4.78 is 5.05. The van der Waals surface area contributed by atoms with Gasteiger partial charge in [0.25, 0.3) is 5.91 Å². The Hall–Kier alpha value is -2.11. The number of thiazole rings is 1. The van der Waals surface area contributed by atoms with Crippen LogP contribution >= 0.6 is 22.9 Å². The zero-order valence-corrected chi connectivity index (χ0v) is 22.3. The summed E-state index contributed by atoms with van der Waals surface area (Å²) in [4.78, 5) is 35.4. The van der Waals surface area contributed by atoms with Gasteiger partial charge in [0.15, 0.2) is 5.13 Å². The molecule has 2 aliphatic rings.